The molecule has 0 spiro atoms. The maximum atomic E-state index is 5.65. The van der Waals surface area contributed by atoms with Gasteiger partial charge in [0.2, 0.25) is 0 Å². The first-order valence-corrected chi connectivity index (χ1v) is 6.58. The molecule has 1 saturated carbocycles. The molecular formula is C12H20N2S. The van der Waals surface area contributed by atoms with Gasteiger partial charge in [0.1, 0.15) is 0 Å². The predicted octanol–water partition coefficient (Wildman–Crippen LogP) is 2.31. The molecule has 2 N–H and O–H groups in total. The van der Waals surface area contributed by atoms with Crippen molar-refractivity contribution in [1.82, 2.24) is 4.90 Å². The normalized spacial score (nSPS) is 18.3. The molecule has 0 unspecified atom stereocenters. The molecule has 0 aromatic carbocycles. The first-order chi connectivity index (χ1) is 7.24. The average Bonchev–Trinajstić information content (AvgIpc) is 2.75. The highest BCUT2D eigenvalue weighted by Gasteiger charge is 2.42. The highest BCUT2D eigenvalue weighted by atomic mass is 32.1. The summed E-state index contributed by atoms with van der Waals surface area (Å²) in [4.78, 5) is 2.44. The summed E-state index contributed by atoms with van der Waals surface area (Å²) in [7, 11) is 2.22. The van der Waals surface area contributed by atoms with Crippen LogP contribution in [0.4, 0.5) is 0 Å². The van der Waals surface area contributed by atoms with E-state index in [2.05, 4.69) is 28.8 Å². The van der Waals surface area contributed by atoms with Crippen molar-refractivity contribution in [2.45, 2.75) is 25.8 Å². The number of nitrogens with zero attached hydrogens (tertiary/aromatic N) is 1. The van der Waals surface area contributed by atoms with E-state index in [0.29, 0.717) is 5.41 Å². The Bertz CT molecular complexity index is 291. The van der Waals surface area contributed by atoms with E-state index in [0.717, 1.165) is 13.1 Å². The number of thiophene rings is 1. The third kappa shape index (κ3) is 3.03. The van der Waals surface area contributed by atoms with Gasteiger partial charge < -0.3 is 10.6 Å². The lowest BCUT2D eigenvalue weighted by atomic mass is 10.0. The largest absolute Gasteiger partial charge is 0.330 e. The fourth-order valence-electron chi connectivity index (χ4n) is 2.29. The molecule has 1 fully saturated rings. The molecule has 1 aliphatic carbocycles. The highest BCUT2D eigenvalue weighted by Crippen LogP contribution is 2.48. The Morgan fingerprint density at radius 1 is 1.53 bits per heavy atom. The SMILES string of the molecule is CN(Cc1ccsc1)CC1(CCN)CC1. The molecule has 0 aliphatic heterocycles. The van der Waals surface area contributed by atoms with Crippen LogP contribution in [0.3, 0.4) is 0 Å². The van der Waals surface area contributed by atoms with Crippen molar-refractivity contribution in [2.75, 3.05) is 20.1 Å². The molecule has 0 radical (unpaired) electrons. The number of hydrogen-bond donors (Lipinski definition) is 1. The Hall–Kier alpha value is -0.380. The van der Waals surface area contributed by atoms with Crippen LogP contribution in [0.5, 0.6) is 0 Å². The van der Waals surface area contributed by atoms with Crippen LogP contribution in [0.25, 0.3) is 0 Å². The van der Waals surface area contributed by atoms with E-state index in [1.807, 2.05) is 0 Å². The smallest absolute Gasteiger partial charge is 0.0239 e. The summed E-state index contributed by atoms with van der Waals surface area (Å²) in [6.45, 7) is 3.13. The molecule has 0 bridgehead atoms. The zero-order chi connectivity index (χ0) is 10.7. The van der Waals surface area contributed by atoms with Gasteiger partial charge in [0.25, 0.3) is 0 Å². The minimum Gasteiger partial charge on any atom is -0.330 e. The van der Waals surface area contributed by atoms with Crippen LogP contribution in [0.1, 0.15) is 24.8 Å². The lowest BCUT2D eigenvalue weighted by Crippen LogP contribution is -2.27. The predicted molar refractivity (Wildman–Crippen MR) is 66.0 cm³/mol. The third-order valence-electron chi connectivity index (χ3n) is 3.27. The standard InChI is InChI=1S/C12H20N2S/c1-14(8-11-2-7-15-9-11)10-12(3-4-12)5-6-13/h2,7,9H,3-6,8,10,13H2,1H3. The van der Waals surface area contributed by atoms with Crippen molar-refractivity contribution >= 4 is 11.3 Å². The summed E-state index contributed by atoms with van der Waals surface area (Å²) >= 11 is 1.78. The van der Waals surface area contributed by atoms with Crippen molar-refractivity contribution in [3.05, 3.63) is 22.4 Å². The second kappa shape index (κ2) is 4.64. The van der Waals surface area contributed by atoms with Crippen molar-refractivity contribution in [1.29, 1.82) is 0 Å². The van der Waals surface area contributed by atoms with E-state index in [-0.39, 0.29) is 0 Å². The van der Waals surface area contributed by atoms with Gasteiger partial charge in [0, 0.05) is 13.1 Å². The van der Waals surface area contributed by atoms with E-state index in [1.54, 1.807) is 11.3 Å². The minimum atomic E-state index is 0.569. The van der Waals surface area contributed by atoms with Gasteiger partial charge in [-0.05, 0) is 60.7 Å². The summed E-state index contributed by atoms with van der Waals surface area (Å²) in [5.41, 5.74) is 7.65. The Morgan fingerprint density at radius 2 is 2.33 bits per heavy atom. The van der Waals surface area contributed by atoms with E-state index in [1.165, 1.54) is 31.4 Å². The van der Waals surface area contributed by atoms with Gasteiger partial charge in [0.05, 0.1) is 0 Å². The maximum Gasteiger partial charge on any atom is 0.0239 e. The molecule has 2 nitrogen and oxygen atoms in total. The van der Waals surface area contributed by atoms with Crippen molar-refractivity contribution in [3.63, 3.8) is 0 Å². The van der Waals surface area contributed by atoms with Gasteiger partial charge >= 0.3 is 0 Å². The molecule has 3 heteroatoms. The molecular weight excluding hydrogens is 204 g/mol. The lowest BCUT2D eigenvalue weighted by Gasteiger charge is -2.22. The average molecular weight is 224 g/mol. The van der Waals surface area contributed by atoms with Gasteiger partial charge in [-0.2, -0.15) is 11.3 Å². The molecule has 0 atom stereocenters. The Morgan fingerprint density at radius 3 is 2.87 bits per heavy atom. The summed E-state index contributed by atoms with van der Waals surface area (Å²) in [5.74, 6) is 0. The van der Waals surface area contributed by atoms with Crippen LogP contribution in [-0.4, -0.2) is 25.0 Å². The molecule has 1 aromatic heterocycles. The van der Waals surface area contributed by atoms with Gasteiger partial charge in [-0.1, -0.05) is 0 Å². The highest BCUT2D eigenvalue weighted by molar-refractivity contribution is 7.07. The van der Waals surface area contributed by atoms with E-state index in [4.69, 9.17) is 5.73 Å². The molecule has 0 saturated heterocycles. The van der Waals surface area contributed by atoms with E-state index < -0.39 is 0 Å². The zero-order valence-electron chi connectivity index (χ0n) is 9.41. The quantitative estimate of drug-likeness (QED) is 0.803. The molecule has 1 aliphatic rings. The third-order valence-corrected chi connectivity index (χ3v) is 4.00. The summed E-state index contributed by atoms with van der Waals surface area (Å²) in [5, 5.41) is 4.38. The van der Waals surface area contributed by atoms with Crippen LogP contribution < -0.4 is 5.73 Å². The number of nitrogens with two attached hydrogens (primary N) is 1. The van der Waals surface area contributed by atoms with Crippen LogP contribution in [-0.2, 0) is 6.54 Å². The Balaban J connectivity index is 1.80. The van der Waals surface area contributed by atoms with Gasteiger partial charge in [0.15, 0.2) is 0 Å². The monoisotopic (exact) mass is 224 g/mol. The van der Waals surface area contributed by atoms with Gasteiger partial charge in [-0.25, -0.2) is 0 Å². The summed E-state index contributed by atoms with van der Waals surface area (Å²) in [6, 6.07) is 2.21. The number of rotatable bonds is 6. The van der Waals surface area contributed by atoms with Crippen LogP contribution in [0, 0.1) is 5.41 Å². The Labute approximate surface area is 96.1 Å². The fraction of sp³-hybridized carbons (Fsp3) is 0.667. The lowest BCUT2D eigenvalue weighted by molar-refractivity contribution is 0.248. The van der Waals surface area contributed by atoms with Gasteiger partial charge in [-0.15, -0.1) is 0 Å². The Kier molecular flexibility index (Phi) is 3.44. The fourth-order valence-corrected chi connectivity index (χ4v) is 2.95. The second-order valence-electron chi connectivity index (χ2n) is 4.84. The van der Waals surface area contributed by atoms with Crippen LogP contribution in [0.2, 0.25) is 0 Å². The zero-order valence-corrected chi connectivity index (χ0v) is 10.2. The maximum absolute atomic E-state index is 5.65. The van der Waals surface area contributed by atoms with Crippen molar-refractivity contribution in [2.24, 2.45) is 11.1 Å². The summed E-state index contributed by atoms with van der Waals surface area (Å²) < 4.78 is 0. The first-order valence-electron chi connectivity index (χ1n) is 5.64. The first kappa shape index (κ1) is 11.1. The molecule has 2 rings (SSSR count). The summed E-state index contributed by atoms with van der Waals surface area (Å²) in [6.07, 6.45) is 3.94. The molecule has 15 heavy (non-hydrogen) atoms. The topological polar surface area (TPSA) is 29.3 Å². The number of hydrogen-bond acceptors (Lipinski definition) is 3. The molecule has 1 aromatic rings. The molecule has 0 amide bonds. The molecule has 84 valence electrons. The van der Waals surface area contributed by atoms with Crippen molar-refractivity contribution in [3.8, 4) is 0 Å². The van der Waals surface area contributed by atoms with Crippen molar-refractivity contribution < 1.29 is 0 Å². The van der Waals surface area contributed by atoms with E-state index >= 15 is 0 Å². The second-order valence-corrected chi connectivity index (χ2v) is 5.62. The van der Waals surface area contributed by atoms with Crippen LogP contribution in [0.15, 0.2) is 16.8 Å². The molecule has 1 heterocycles. The van der Waals surface area contributed by atoms with Gasteiger partial charge in [-0.3, -0.25) is 0 Å². The van der Waals surface area contributed by atoms with Crippen LogP contribution >= 0.6 is 11.3 Å². The van der Waals surface area contributed by atoms with E-state index in [9.17, 15) is 0 Å². The minimum absolute atomic E-state index is 0.569.